The third-order valence-corrected chi connectivity index (χ3v) is 7.21. The maximum absolute atomic E-state index is 12.7. The van der Waals surface area contributed by atoms with E-state index in [2.05, 4.69) is 5.32 Å². The number of sulfone groups is 1. The molecule has 5 heteroatoms. The first kappa shape index (κ1) is 16.5. The summed E-state index contributed by atoms with van der Waals surface area (Å²) < 4.78 is 25.4. The van der Waals surface area contributed by atoms with Crippen LogP contribution in [0.25, 0.3) is 0 Å². The van der Waals surface area contributed by atoms with Crippen molar-refractivity contribution in [1.29, 1.82) is 0 Å². The van der Waals surface area contributed by atoms with Gasteiger partial charge in [0.15, 0.2) is 9.84 Å². The van der Waals surface area contributed by atoms with E-state index < -0.39 is 15.1 Å². The topological polar surface area (TPSA) is 63.2 Å². The van der Waals surface area contributed by atoms with Gasteiger partial charge in [-0.05, 0) is 43.2 Å². The Kier molecular flexibility index (Phi) is 5.05. The van der Waals surface area contributed by atoms with Crippen LogP contribution in [0.3, 0.4) is 0 Å². The maximum atomic E-state index is 12.7. The van der Waals surface area contributed by atoms with Crippen LogP contribution in [-0.2, 0) is 21.1 Å². The number of amides is 1. The van der Waals surface area contributed by atoms with Gasteiger partial charge in [0, 0.05) is 12.5 Å². The molecule has 1 unspecified atom stereocenters. The van der Waals surface area contributed by atoms with Gasteiger partial charge in [-0.2, -0.15) is 0 Å². The van der Waals surface area contributed by atoms with E-state index >= 15 is 0 Å². The molecule has 0 aromatic heterocycles. The van der Waals surface area contributed by atoms with Gasteiger partial charge in [-0.25, -0.2) is 8.42 Å². The first-order valence-electron chi connectivity index (χ1n) is 8.65. The highest BCUT2D eigenvalue weighted by Crippen LogP contribution is 2.36. The molecule has 1 atom stereocenters. The van der Waals surface area contributed by atoms with E-state index in [4.69, 9.17) is 0 Å². The number of aryl methyl sites for hydroxylation is 1. The molecule has 2 aliphatic carbocycles. The van der Waals surface area contributed by atoms with Crippen LogP contribution >= 0.6 is 0 Å². The summed E-state index contributed by atoms with van der Waals surface area (Å²) in [4.78, 5) is 12.0. The van der Waals surface area contributed by atoms with Crippen LogP contribution in [0.1, 0.15) is 61.3 Å². The molecule has 4 nitrogen and oxygen atoms in total. The summed E-state index contributed by atoms with van der Waals surface area (Å²) in [5, 5.41) is 2.53. The molecule has 0 radical (unpaired) electrons. The zero-order valence-corrected chi connectivity index (χ0v) is 14.3. The Bertz CT molecular complexity index is 663. The third kappa shape index (κ3) is 3.94. The molecule has 1 fully saturated rings. The lowest BCUT2D eigenvalue weighted by molar-refractivity contribution is -0.121. The summed E-state index contributed by atoms with van der Waals surface area (Å²) >= 11 is 0. The second-order valence-corrected chi connectivity index (χ2v) is 9.05. The van der Waals surface area contributed by atoms with Crippen molar-refractivity contribution in [3.05, 3.63) is 35.4 Å². The number of hydrogen-bond acceptors (Lipinski definition) is 3. The molecule has 2 aliphatic rings. The van der Waals surface area contributed by atoms with Crippen molar-refractivity contribution in [2.24, 2.45) is 0 Å². The molecule has 0 bridgehead atoms. The number of rotatable bonds is 5. The van der Waals surface area contributed by atoms with Crippen molar-refractivity contribution in [3.8, 4) is 0 Å². The predicted molar refractivity (Wildman–Crippen MR) is 90.9 cm³/mol. The molecule has 126 valence electrons. The average Bonchev–Trinajstić information content (AvgIpc) is 3.05. The molecule has 3 rings (SSSR count). The molecule has 0 heterocycles. The van der Waals surface area contributed by atoms with Crippen LogP contribution in [0.2, 0.25) is 0 Å². The zero-order valence-electron chi connectivity index (χ0n) is 13.5. The van der Waals surface area contributed by atoms with Crippen molar-refractivity contribution in [1.82, 2.24) is 5.32 Å². The summed E-state index contributed by atoms with van der Waals surface area (Å²) in [5.74, 6) is -0.172. The number of carbonyl (C=O) groups excluding carboxylic acids is 1. The highest BCUT2D eigenvalue weighted by Gasteiger charge is 2.31. The smallest absolute Gasteiger partial charge is 0.221 e. The fourth-order valence-corrected chi connectivity index (χ4v) is 5.73. The first-order chi connectivity index (χ1) is 11.1. The van der Waals surface area contributed by atoms with Gasteiger partial charge in [-0.15, -0.1) is 0 Å². The molecule has 23 heavy (non-hydrogen) atoms. The van der Waals surface area contributed by atoms with Crippen LogP contribution in [0.5, 0.6) is 0 Å². The Balaban J connectivity index is 1.62. The number of nitrogens with one attached hydrogen (secondary N) is 1. The summed E-state index contributed by atoms with van der Waals surface area (Å²) in [5.41, 5.74) is 2.08. The molecule has 0 spiro atoms. The fourth-order valence-electron chi connectivity index (χ4n) is 3.83. The molecular weight excluding hydrogens is 310 g/mol. The van der Waals surface area contributed by atoms with E-state index in [1.165, 1.54) is 0 Å². The van der Waals surface area contributed by atoms with Crippen LogP contribution in [0, 0.1) is 0 Å². The van der Waals surface area contributed by atoms with Crippen molar-refractivity contribution in [2.45, 2.75) is 62.7 Å². The Hall–Kier alpha value is -1.36. The van der Waals surface area contributed by atoms with Gasteiger partial charge in [0.2, 0.25) is 5.91 Å². The minimum absolute atomic E-state index is 0.0510. The maximum Gasteiger partial charge on any atom is 0.221 e. The monoisotopic (exact) mass is 335 g/mol. The highest BCUT2D eigenvalue weighted by atomic mass is 32.2. The normalized spacial score (nSPS) is 21.8. The lowest BCUT2D eigenvalue weighted by Crippen LogP contribution is -2.34. The lowest BCUT2D eigenvalue weighted by atomic mass is 9.91. The SMILES string of the molecule is O=C(CCS(=O)(=O)C1CCCc2ccccc21)NC1CCCC1. The largest absolute Gasteiger partial charge is 0.353 e. The fraction of sp³-hybridized carbons (Fsp3) is 0.611. The molecule has 0 saturated heterocycles. The summed E-state index contributed by atoms with van der Waals surface area (Å²) in [6, 6.07) is 8.06. The van der Waals surface area contributed by atoms with Gasteiger partial charge in [0.25, 0.3) is 0 Å². The first-order valence-corrected chi connectivity index (χ1v) is 10.4. The second kappa shape index (κ2) is 7.04. The standard InChI is InChI=1S/C18H25NO3S/c20-18(19-15-8-2-3-9-15)12-13-23(21,22)17-11-5-7-14-6-1-4-10-16(14)17/h1,4,6,10,15,17H,2-3,5,7-9,11-13H2,(H,19,20). The number of hydrogen-bond donors (Lipinski definition) is 1. The van der Waals surface area contributed by atoms with Gasteiger partial charge in [-0.1, -0.05) is 37.1 Å². The van der Waals surface area contributed by atoms with E-state index in [1.807, 2.05) is 24.3 Å². The number of fused-ring (bicyclic) bond motifs is 1. The van der Waals surface area contributed by atoms with Crippen molar-refractivity contribution >= 4 is 15.7 Å². The van der Waals surface area contributed by atoms with Crippen molar-refractivity contribution < 1.29 is 13.2 Å². The Morgan fingerprint density at radius 3 is 2.61 bits per heavy atom. The molecule has 1 aromatic rings. The van der Waals surface area contributed by atoms with Gasteiger partial charge >= 0.3 is 0 Å². The van der Waals surface area contributed by atoms with Crippen molar-refractivity contribution in [2.75, 3.05) is 5.75 Å². The molecule has 1 N–H and O–H groups in total. The minimum Gasteiger partial charge on any atom is -0.353 e. The van der Waals surface area contributed by atoms with Crippen LogP contribution in [0.15, 0.2) is 24.3 Å². The van der Waals surface area contributed by atoms with E-state index in [-0.39, 0.29) is 24.1 Å². The molecule has 1 saturated carbocycles. The van der Waals surface area contributed by atoms with E-state index in [9.17, 15) is 13.2 Å². The molecule has 0 aliphatic heterocycles. The van der Waals surface area contributed by atoms with Crippen LogP contribution < -0.4 is 5.32 Å². The number of benzene rings is 1. The van der Waals surface area contributed by atoms with Gasteiger partial charge in [-0.3, -0.25) is 4.79 Å². The predicted octanol–water partition coefficient (Wildman–Crippen LogP) is 2.93. The number of carbonyl (C=O) groups is 1. The molecule has 1 amide bonds. The van der Waals surface area contributed by atoms with Crippen molar-refractivity contribution in [3.63, 3.8) is 0 Å². The van der Waals surface area contributed by atoms with E-state index in [0.717, 1.165) is 49.7 Å². The van der Waals surface area contributed by atoms with Gasteiger partial charge < -0.3 is 5.32 Å². The minimum atomic E-state index is -3.29. The average molecular weight is 335 g/mol. The van der Waals surface area contributed by atoms with Crippen LogP contribution in [-0.4, -0.2) is 26.1 Å². The zero-order chi connectivity index (χ0) is 16.3. The van der Waals surface area contributed by atoms with E-state index in [0.29, 0.717) is 6.42 Å². The lowest BCUT2D eigenvalue weighted by Gasteiger charge is -2.25. The summed E-state index contributed by atoms with van der Waals surface area (Å²) in [7, 11) is -3.29. The van der Waals surface area contributed by atoms with E-state index in [1.54, 1.807) is 0 Å². The molecular formula is C18H25NO3S. The van der Waals surface area contributed by atoms with Crippen LogP contribution in [0.4, 0.5) is 0 Å². The highest BCUT2D eigenvalue weighted by molar-refractivity contribution is 7.91. The second-order valence-electron chi connectivity index (χ2n) is 6.75. The summed E-state index contributed by atoms with van der Waals surface area (Å²) in [6.45, 7) is 0. The summed E-state index contributed by atoms with van der Waals surface area (Å²) in [6.07, 6.45) is 6.95. The molecule has 1 aromatic carbocycles. The Morgan fingerprint density at radius 1 is 1.09 bits per heavy atom. The third-order valence-electron chi connectivity index (χ3n) is 5.08. The van der Waals surface area contributed by atoms with Gasteiger partial charge in [0.05, 0.1) is 11.0 Å². The quantitative estimate of drug-likeness (QED) is 0.900. The Morgan fingerprint density at radius 2 is 1.83 bits per heavy atom. The van der Waals surface area contributed by atoms with Gasteiger partial charge in [0.1, 0.15) is 0 Å². The Labute approximate surface area is 138 Å².